The number of likely N-dealkylation sites (tertiary alicyclic amines) is 2. The normalized spacial score (nSPS) is 30.4. The Hall–Kier alpha value is -3.42. The van der Waals surface area contributed by atoms with Gasteiger partial charge in [-0.2, -0.15) is 0 Å². The Morgan fingerprint density at radius 2 is 1.65 bits per heavy atom. The number of carbonyl (C=O) groups excluding carboxylic acids is 4. The van der Waals surface area contributed by atoms with Gasteiger partial charge >= 0.3 is 5.97 Å². The molecule has 0 spiro atoms. The summed E-state index contributed by atoms with van der Waals surface area (Å²) in [5, 5.41) is 14.2. The van der Waals surface area contributed by atoms with Crippen LogP contribution >= 0.6 is 0 Å². The van der Waals surface area contributed by atoms with Gasteiger partial charge in [-0.3, -0.25) is 24.2 Å². The molecule has 2 saturated heterocycles. The van der Waals surface area contributed by atoms with Crippen molar-refractivity contribution < 1.29 is 34.6 Å². The SMILES string of the molecule is [3H]C1CN(C(=O)CNC(=O)[C@@H]2C([3H])C([3H])CN2C(=O)[C@@H](N)C(C)C)[C@H](C(=O)N[C@@H](CCCN=C(N)N)C(=O)O)C1[3H]. The van der Waals surface area contributed by atoms with Crippen LogP contribution in [-0.4, -0.2) is 101 Å². The molecule has 2 rings (SSSR count). The number of aliphatic imine (C=N–C) groups is 1. The van der Waals surface area contributed by atoms with Gasteiger partial charge in [-0.25, -0.2) is 4.79 Å². The van der Waals surface area contributed by atoms with E-state index in [9.17, 15) is 29.1 Å². The zero-order valence-electron chi connectivity index (χ0n) is 25.0. The number of hydrogen-bond acceptors (Lipinski definition) is 7. The van der Waals surface area contributed by atoms with Gasteiger partial charge in [-0.1, -0.05) is 13.8 Å². The summed E-state index contributed by atoms with van der Waals surface area (Å²) >= 11 is 0. The molecule has 0 saturated carbocycles. The van der Waals surface area contributed by atoms with Gasteiger partial charge in [0.1, 0.15) is 18.1 Å². The summed E-state index contributed by atoms with van der Waals surface area (Å²) in [7, 11) is 0. The molecule has 4 amide bonds. The lowest BCUT2D eigenvalue weighted by molar-refractivity contribution is -0.144. The Bertz CT molecular complexity index is 1030. The second-order valence-electron chi connectivity index (χ2n) is 9.12. The maximum atomic E-state index is 13.0. The van der Waals surface area contributed by atoms with E-state index in [2.05, 4.69) is 15.6 Å². The highest BCUT2D eigenvalue weighted by molar-refractivity contribution is 5.94. The molecule has 0 aliphatic carbocycles. The molecule has 9 N–H and O–H groups in total. The van der Waals surface area contributed by atoms with Crippen LogP contribution in [0.5, 0.6) is 0 Å². The van der Waals surface area contributed by atoms with Crippen LogP contribution in [0.25, 0.3) is 0 Å². The van der Waals surface area contributed by atoms with Crippen LogP contribution in [0.4, 0.5) is 0 Å². The fourth-order valence-corrected chi connectivity index (χ4v) is 3.85. The molecule has 0 aromatic carbocycles. The van der Waals surface area contributed by atoms with E-state index in [1.165, 1.54) is 0 Å². The minimum absolute atomic E-state index is 0.0378. The molecule has 2 aliphatic rings. The van der Waals surface area contributed by atoms with E-state index in [1.807, 2.05) is 0 Å². The van der Waals surface area contributed by atoms with Crippen molar-refractivity contribution in [2.75, 3.05) is 26.2 Å². The third kappa shape index (κ3) is 8.30. The topological polar surface area (TPSA) is 227 Å². The molecule has 0 aromatic heterocycles. The number of amides is 4. The van der Waals surface area contributed by atoms with Crippen LogP contribution < -0.4 is 27.8 Å². The van der Waals surface area contributed by atoms with Crippen LogP contribution in [0.3, 0.4) is 0 Å². The summed E-state index contributed by atoms with van der Waals surface area (Å²) in [6, 6.07) is -5.15. The monoisotopic (exact) mass is 532 g/mol. The van der Waals surface area contributed by atoms with Crippen LogP contribution in [-0.2, 0) is 24.0 Å². The van der Waals surface area contributed by atoms with E-state index in [4.69, 9.17) is 22.7 Å². The summed E-state index contributed by atoms with van der Waals surface area (Å²) in [5.41, 5.74) is 16.4. The molecule has 0 radical (unpaired) electrons. The smallest absolute Gasteiger partial charge is 0.326 e. The Morgan fingerprint density at radius 1 is 1.05 bits per heavy atom. The number of nitrogens with two attached hydrogens (primary N) is 3. The first-order valence-corrected chi connectivity index (χ1v) is 12.0. The zero-order chi connectivity index (χ0) is 31.2. The molecule has 2 fully saturated rings. The van der Waals surface area contributed by atoms with Crippen LogP contribution in [0, 0.1) is 5.92 Å². The number of guanidine groups is 1. The maximum Gasteiger partial charge on any atom is 0.326 e. The second-order valence-corrected chi connectivity index (χ2v) is 9.12. The third-order valence-electron chi connectivity index (χ3n) is 6.03. The molecule has 0 bridgehead atoms. The fraction of sp³-hybridized carbons (Fsp3) is 0.739. The second kappa shape index (κ2) is 13.8. The number of hydrogen-bond donors (Lipinski definition) is 6. The average Bonchev–Trinajstić information content (AvgIpc) is 3.37. The Balaban J connectivity index is 2.09. The summed E-state index contributed by atoms with van der Waals surface area (Å²) in [4.78, 5) is 69.3. The first-order chi connectivity index (χ1) is 19.1. The van der Waals surface area contributed by atoms with E-state index < -0.39 is 85.9 Å². The van der Waals surface area contributed by atoms with Crippen molar-refractivity contribution in [2.45, 2.75) is 76.4 Å². The van der Waals surface area contributed by atoms with Crippen molar-refractivity contribution in [3.63, 3.8) is 0 Å². The predicted octanol–water partition coefficient (Wildman–Crippen LogP) is -2.31. The fourth-order valence-electron chi connectivity index (χ4n) is 3.85. The van der Waals surface area contributed by atoms with Gasteiger partial charge in [0.15, 0.2) is 5.96 Å². The molecule has 2 heterocycles. The number of carboxylic acids is 1. The number of rotatable bonds is 12. The largest absolute Gasteiger partial charge is 0.480 e. The molecule has 14 nitrogen and oxygen atoms in total. The number of aliphatic carboxylic acids is 1. The van der Waals surface area contributed by atoms with Gasteiger partial charge in [0.05, 0.1) is 12.6 Å². The highest BCUT2D eigenvalue weighted by Crippen LogP contribution is 2.21. The zero-order valence-corrected chi connectivity index (χ0v) is 21.0. The molecule has 8 atom stereocenters. The number of nitrogens with zero attached hydrogens (tertiary/aromatic N) is 3. The predicted molar refractivity (Wildman–Crippen MR) is 135 cm³/mol. The van der Waals surface area contributed by atoms with Crippen molar-refractivity contribution in [3.8, 4) is 0 Å². The Labute approximate surface area is 222 Å². The van der Waals surface area contributed by atoms with Gasteiger partial charge in [-0.05, 0) is 44.3 Å². The summed E-state index contributed by atoms with van der Waals surface area (Å²) in [6.45, 7) is 2.40. The molecule has 37 heavy (non-hydrogen) atoms. The molecule has 14 heteroatoms. The Kier molecular flexibility index (Phi) is 8.91. The summed E-state index contributed by atoms with van der Waals surface area (Å²) in [5.74, 6) is -4.97. The number of carbonyl (C=O) groups is 5. The minimum Gasteiger partial charge on any atom is -0.480 e. The summed E-state index contributed by atoms with van der Waals surface area (Å²) in [6.07, 6.45) is -4.71. The van der Waals surface area contributed by atoms with Gasteiger partial charge in [-0.15, -0.1) is 0 Å². The van der Waals surface area contributed by atoms with Crippen molar-refractivity contribution in [2.24, 2.45) is 28.1 Å². The van der Waals surface area contributed by atoms with E-state index in [-0.39, 0.29) is 44.4 Å². The quantitative estimate of drug-likeness (QED) is 0.0900. The lowest BCUT2D eigenvalue weighted by Gasteiger charge is -2.29. The lowest BCUT2D eigenvalue weighted by Crippen LogP contribution is -2.55. The third-order valence-corrected chi connectivity index (χ3v) is 6.03. The molecule has 4 unspecified atom stereocenters. The number of carboxylic acid groups (broad SMARTS) is 1. The van der Waals surface area contributed by atoms with Crippen LogP contribution in [0.15, 0.2) is 4.99 Å². The number of nitrogens with one attached hydrogen (secondary N) is 2. The van der Waals surface area contributed by atoms with Gasteiger partial charge in [0.2, 0.25) is 23.6 Å². The van der Waals surface area contributed by atoms with E-state index in [0.29, 0.717) is 0 Å². The lowest BCUT2D eigenvalue weighted by atomic mass is 10.0. The molecule has 0 aromatic rings. The molecular weight excluding hydrogens is 484 g/mol. The molecular formula is C23H40N8O6. The van der Waals surface area contributed by atoms with E-state index >= 15 is 0 Å². The maximum absolute atomic E-state index is 13.0. The van der Waals surface area contributed by atoms with Crippen molar-refractivity contribution in [3.05, 3.63) is 0 Å². The molecule has 2 aliphatic heterocycles. The van der Waals surface area contributed by atoms with Crippen molar-refractivity contribution in [1.82, 2.24) is 20.4 Å². The average molecular weight is 533 g/mol. The van der Waals surface area contributed by atoms with Gasteiger partial charge in [0, 0.05) is 25.1 Å². The van der Waals surface area contributed by atoms with E-state index in [1.54, 1.807) is 13.8 Å². The highest BCUT2D eigenvalue weighted by Gasteiger charge is 2.38. The first kappa shape index (κ1) is 23.9. The summed E-state index contributed by atoms with van der Waals surface area (Å²) < 4.78 is 32.6. The Morgan fingerprint density at radius 3 is 2.22 bits per heavy atom. The first-order valence-electron chi connectivity index (χ1n) is 14.3. The van der Waals surface area contributed by atoms with Gasteiger partial charge < -0.3 is 42.7 Å². The standard InChI is InChI=1S/C23H40N8O6/c1-13(2)18(24)21(35)31-11-5-7-15(31)19(33)28-12-17(32)30-10-4-8-16(30)20(34)29-14(22(36)37)6-3-9-27-23(25)26/h13-16,18H,3-12,24H2,1-2H3,(H,28,33)(H,29,34)(H,36,37)(H4,25,26,27)/t14-,15-,16-,18-/m0/s1/i4T,5T,7T,8T/t4?,5?,7?,8?,14-,15-,16-,18-. The highest BCUT2D eigenvalue weighted by atomic mass is 16.4. The van der Waals surface area contributed by atoms with E-state index in [0.717, 1.165) is 9.80 Å². The van der Waals surface area contributed by atoms with Crippen LogP contribution in [0.2, 0.25) is 0 Å². The van der Waals surface area contributed by atoms with Crippen molar-refractivity contribution >= 4 is 35.6 Å². The minimum atomic E-state index is -1.49. The van der Waals surface area contributed by atoms with Crippen molar-refractivity contribution in [1.29, 1.82) is 0 Å². The van der Waals surface area contributed by atoms with Gasteiger partial charge in [0.25, 0.3) is 0 Å². The molecule has 208 valence electrons. The van der Waals surface area contributed by atoms with Crippen LogP contribution in [0.1, 0.15) is 57.8 Å².